The Balaban J connectivity index is 1.66. The predicted octanol–water partition coefficient (Wildman–Crippen LogP) is 4.61. The molecule has 5 atom stereocenters. The third-order valence-corrected chi connectivity index (χ3v) is 12.5. The van der Waals surface area contributed by atoms with Crippen molar-refractivity contribution in [1.29, 1.82) is 0 Å². The molecule has 5 heteroatoms. The number of hydrogen-bond donors (Lipinski definition) is 0. The van der Waals surface area contributed by atoms with Crippen molar-refractivity contribution in [2.45, 2.75) is 89.3 Å². The first-order valence-corrected chi connectivity index (χ1v) is 13.9. The van der Waals surface area contributed by atoms with Gasteiger partial charge in [-0.25, -0.2) is 0 Å². The molecule has 0 radical (unpaired) electrons. The molecule has 1 spiro atoms. The van der Waals surface area contributed by atoms with E-state index in [9.17, 15) is 0 Å². The number of ether oxygens (including phenoxy) is 3. The molecule has 172 valence electrons. The van der Waals surface area contributed by atoms with E-state index in [4.69, 9.17) is 18.6 Å². The first-order chi connectivity index (χ1) is 15.1. The van der Waals surface area contributed by atoms with Crippen molar-refractivity contribution in [2.75, 3.05) is 0 Å². The number of fused-ring (bicyclic) bond motifs is 1. The Morgan fingerprint density at radius 3 is 1.94 bits per heavy atom. The van der Waals surface area contributed by atoms with Crippen LogP contribution in [-0.2, 0) is 18.6 Å². The summed E-state index contributed by atoms with van der Waals surface area (Å²) < 4.78 is 26.8. The summed E-state index contributed by atoms with van der Waals surface area (Å²) in [6.45, 7) is 13.1. The maximum absolute atomic E-state index is 7.56. The average molecular weight is 453 g/mol. The maximum Gasteiger partial charge on any atom is 0.261 e. The van der Waals surface area contributed by atoms with Crippen LogP contribution in [0.5, 0.6) is 0 Å². The highest BCUT2D eigenvalue weighted by atomic mass is 28.4. The summed E-state index contributed by atoms with van der Waals surface area (Å²) in [5.74, 6) is -0.188. The van der Waals surface area contributed by atoms with E-state index in [0.29, 0.717) is 5.92 Å². The van der Waals surface area contributed by atoms with Crippen LogP contribution in [0.2, 0.25) is 5.04 Å². The molecule has 5 rings (SSSR count). The Kier molecular flexibility index (Phi) is 5.23. The molecule has 3 aliphatic rings. The highest BCUT2D eigenvalue weighted by molar-refractivity contribution is 6.99. The van der Waals surface area contributed by atoms with Crippen molar-refractivity contribution in [3.05, 3.63) is 60.7 Å². The van der Waals surface area contributed by atoms with Crippen LogP contribution in [0.1, 0.15) is 54.4 Å². The van der Waals surface area contributed by atoms with Gasteiger partial charge in [0.05, 0.1) is 0 Å². The van der Waals surface area contributed by atoms with Crippen LogP contribution in [0.4, 0.5) is 0 Å². The summed E-state index contributed by atoms with van der Waals surface area (Å²) in [5, 5.41) is 2.47. The van der Waals surface area contributed by atoms with Gasteiger partial charge in [-0.2, -0.15) is 0 Å². The van der Waals surface area contributed by atoms with Crippen molar-refractivity contribution in [1.82, 2.24) is 0 Å². The van der Waals surface area contributed by atoms with E-state index in [1.807, 2.05) is 13.8 Å². The van der Waals surface area contributed by atoms with E-state index in [-0.39, 0.29) is 29.1 Å². The maximum atomic E-state index is 7.56. The van der Waals surface area contributed by atoms with Gasteiger partial charge in [0.2, 0.25) is 0 Å². The minimum absolute atomic E-state index is 0.0967. The molecule has 32 heavy (non-hydrogen) atoms. The fourth-order valence-electron chi connectivity index (χ4n) is 5.97. The van der Waals surface area contributed by atoms with Crippen LogP contribution >= 0.6 is 0 Å². The quantitative estimate of drug-likeness (QED) is 0.621. The zero-order valence-corrected chi connectivity index (χ0v) is 21.1. The Hall–Kier alpha value is -1.50. The lowest BCUT2D eigenvalue weighted by atomic mass is 10.1. The predicted molar refractivity (Wildman–Crippen MR) is 129 cm³/mol. The van der Waals surface area contributed by atoms with Crippen LogP contribution in [0.3, 0.4) is 0 Å². The normalized spacial score (nSPS) is 33.4. The molecule has 0 bridgehead atoms. The second-order valence-electron chi connectivity index (χ2n) is 11.1. The summed E-state index contributed by atoms with van der Waals surface area (Å²) in [5.41, 5.74) is -0.312. The van der Waals surface area contributed by atoms with Crippen molar-refractivity contribution < 1.29 is 18.6 Å². The van der Waals surface area contributed by atoms with E-state index in [1.165, 1.54) is 10.4 Å². The molecule has 2 heterocycles. The monoisotopic (exact) mass is 452 g/mol. The van der Waals surface area contributed by atoms with Gasteiger partial charge in [-0.1, -0.05) is 94.8 Å². The van der Waals surface area contributed by atoms with E-state index >= 15 is 0 Å². The Morgan fingerprint density at radius 1 is 0.906 bits per heavy atom. The standard InChI is InChI=1S/C27H36O4Si/c1-7-19-18-27(19)23(22-24(30-27)29-26(5,6)28-22)31-32(25(2,3)4,20-14-10-8-11-15-20)21-16-12-9-13-17-21/h8-17,19,22-24H,7,18H2,1-6H3/t19-,22?,23-,24-,27-/m0/s1. The molecule has 2 saturated heterocycles. The fraction of sp³-hybridized carbons (Fsp3) is 0.556. The van der Waals surface area contributed by atoms with Gasteiger partial charge in [0.15, 0.2) is 12.1 Å². The molecule has 0 amide bonds. The minimum atomic E-state index is -2.73. The molecule has 1 saturated carbocycles. The third-order valence-electron chi connectivity index (χ3n) is 7.51. The van der Waals surface area contributed by atoms with Gasteiger partial charge in [-0.05, 0) is 41.6 Å². The fourth-order valence-corrected chi connectivity index (χ4v) is 10.7. The Labute approximate surface area is 193 Å². The lowest BCUT2D eigenvalue weighted by Crippen LogP contribution is -2.69. The molecule has 2 aromatic rings. The van der Waals surface area contributed by atoms with E-state index in [1.54, 1.807) is 0 Å². The van der Waals surface area contributed by atoms with Crippen LogP contribution in [0.15, 0.2) is 60.7 Å². The van der Waals surface area contributed by atoms with Crippen LogP contribution in [-0.4, -0.2) is 38.2 Å². The first-order valence-electron chi connectivity index (χ1n) is 12.0. The molecule has 0 aromatic heterocycles. The molecule has 1 unspecified atom stereocenters. The summed E-state index contributed by atoms with van der Waals surface area (Å²) >= 11 is 0. The van der Waals surface area contributed by atoms with Crippen molar-refractivity contribution >= 4 is 18.7 Å². The molecule has 4 nitrogen and oxygen atoms in total. The van der Waals surface area contributed by atoms with Gasteiger partial charge >= 0.3 is 0 Å². The molecule has 2 aromatic carbocycles. The first kappa shape index (κ1) is 22.3. The summed E-state index contributed by atoms with van der Waals surface area (Å²) in [7, 11) is -2.73. The Morgan fingerprint density at radius 2 is 1.47 bits per heavy atom. The number of rotatable bonds is 5. The second kappa shape index (κ2) is 7.50. The Bertz CT molecular complexity index is 915. The summed E-state index contributed by atoms with van der Waals surface area (Å²) in [6, 6.07) is 21.6. The molecule has 0 N–H and O–H groups in total. The average Bonchev–Trinajstić information content (AvgIpc) is 3.28. The second-order valence-corrected chi connectivity index (χ2v) is 15.3. The van der Waals surface area contributed by atoms with E-state index in [2.05, 4.69) is 88.4 Å². The molecular weight excluding hydrogens is 416 g/mol. The van der Waals surface area contributed by atoms with Crippen molar-refractivity contribution in [3.63, 3.8) is 0 Å². The van der Waals surface area contributed by atoms with Crippen molar-refractivity contribution in [3.8, 4) is 0 Å². The number of benzene rings is 2. The van der Waals surface area contributed by atoms with Gasteiger partial charge in [-0.15, -0.1) is 0 Å². The number of hydrogen-bond acceptors (Lipinski definition) is 4. The SMILES string of the molecule is CC[C@H]1C[C@]12O[C@@H]1OC(C)(C)OC1[C@@H]2O[Si](c1ccccc1)(c1ccccc1)C(C)(C)C. The topological polar surface area (TPSA) is 36.9 Å². The highest BCUT2D eigenvalue weighted by Crippen LogP contribution is 2.61. The van der Waals surface area contributed by atoms with Gasteiger partial charge in [0, 0.05) is 0 Å². The molecule has 1 aliphatic carbocycles. The minimum Gasteiger partial charge on any atom is -0.399 e. The van der Waals surface area contributed by atoms with E-state index in [0.717, 1.165) is 12.8 Å². The van der Waals surface area contributed by atoms with Crippen LogP contribution in [0.25, 0.3) is 0 Å². The van der Waals surface area contributed by atoms with Crippen LogP contribution < -0.4 is 10.4 Å². The summed E-state index contributed by atoms with van der Waals surface area (Å²) in [4.78, 5) is 0. The van der Waals surface area contributed by atoms with Crippen molar-refractivity contribution in [2.24, 2.45) is 5.92 Å². The summed E-state index contributed by atoms with van der Waals surface area (Å²) in [6.07, 6.45) is 1.33. The van der Waals surface area contributed by atoms with E-state index < -0.39 is 14.1 Å². The van der Waals surface area contributed by atoms with Crippen LogP contribution in [0, 0.1) is 5.92 Å². The molecule has 3 fully saturated rings. The zero-order valence-electron chi connectivity index (χ0n) is 20.1. The highest BCUT2D eigenvalue weighted by Gasteiger charge is 2.73. The smallest absolute Gasteiger partial charge is 0.261 e. The zero-order chi connectivity index (χ0) is 22.8. The van der Waals surface area contributed by atoms with Gasteiger partial charge < -0.3 is 18.6 Å². The van der Waals surface area contributed by atoms with Gasteiger partial charge in [-0.3, -0.25) is 0 Å². The van der Waals surface area contributed by atoms with Gasteiger partial charge in [0.1, 0.15) is 17.8 Å². The third kappa shape index (κ3) is 3.33. The largest absolute Gasteiger partial charge is 0.399 e. The van der Waals surface area contributed by atoms with Gasteiger partial charge in [0.25, 0.3) is 8.32 Å². The lowest BCUT2D eigenvalue weighted by Gasteiger charge is -2.46. The molecule has 2 aliphatic heterocycles. The molecular formula is C27H36O4Si. The lowest BCUT2D eigenvalue weighted by molar-refractivity contribution is -0.221.